The molecule has 2 rings (SSSR count). The Hall–Kier alpha value is -1.49. The Morgan fingerprint density at radius 3 is 2.68 bits per heavy atom. The lowest BCUT2D eigenvalue weighted by atomic mass is 9.96. The highest BCUT2D eigenvalue weighted by Gasteiger charge is 2.23. The van der Waals surface area contributed by atoms with Gasteiger partial charge >= 0.3 is 0 Å². The Balaban J connectivity index is 1.99. The number of amides is 1. The Bertz CT molecular complexity index is 459. The van der Waals surface area contributed by atoms with Crippen LogP contribution in [0.25, 0.3) is 0 Å². The molecule has 2 N–H and O–H groups in total. The molecule has 0 bridgehead atoms. The fourth-order valence-electron chi connectivity index (χ4n) is 2.35. The van der Waals surface area contributed by atoms with Gasteiger partial charge in [0.05, 0.1) is 6.04 Å². The zero-order valence-corrected chi connectivity index (χ0v) is 10.9. The molecule has 1 atom stereocenters. The lowest BCUT2D eigenvalue weighted by Crippen LogP contribution is -2.39. The molecule has 1 heterocycles. The van der Waals surface area contributed by atoms with Gasteiger partial charge in [-0.15, -0.1) is 0 Å². The van der Waals surface area contributed by atoms with Crippen molar-refractivity contribution in [2.24, 2.45) is 5.92 Å². The van der Waals surface area contributed by atoms with Crippen molar-refractivity contribution in [3.8, 4) is 0 Å². The molecule has 1 aliphatic rings. The third-order valence-electron chi connectivity index (χ3n) is 3.50. The van der Waals surface area contributed by atoms with Gasteiger partial charge in [0.15, 0.2) is 0 Å². The van der Waals surface area contributed by atoms with E-state index in [0.29, 0.717) is 5.56 Å². The van der Waals surface area contributed by atoms with Crippen LogP contribution in [0.15, 0.2) is 18.2 Å². The number of halogens is 2. The van der Waals surface area contributed by atoms with Crippen molar-refractivity contribution >= 4 is 5.91 Å². The van der Waals surface area contributed by atoms with Crippen molar-refractivity contribution < 1.29 is 13.6 Å². The third-order valence-corrected chi connectivity index (χ3v) is 3.50. The van der Waals surface area contributed by atoms with E-state index in [9.17, 15) is 13.6 Å². The van der Waals surface area contributed by atoms with E-state index in [4.69, 9.17) is 0 Å². The van der Waals surface area contributed by atoms with Crippen molar-refractivity contribution in [2.45, 2.75) is 25.8 Å². The minimum Gasteiger partial charge on any atom is -0.349 e. The van der Waals surface area contributed by atoms with Gasteiger partial charge < -0.3 is 10.6 Å². The number of carbonyl (C=O) groups is 1. The molecule has 0 aromatic heterocycles. The largest absolute Gasteiger partial charge is 0.349 e. The number of hydrogen-bond donors (Lipinski definition) is 2. The summed E-state index contributed by atoms with van der Waals surface area (Å²) in [4.78, 5) is 12.0. The van der Waals surface area contributed by atoms with Crippen LogP contribution in [0.4, 0.5) is 8.78 Å². The molecule has 1 aliphatic heterocycles. The van der Waals surface area contributed by atoms with Gasteiger partial charge in [-0.05, 0) is 38.9 Å². The van der Waals surface area contributed by atoms with Gasteiger partial charge in [-0.25, -0.2) is 8.78 Å². The van der Waals surface area contributed by atoms with Crippen LogP contribution < -0.4 is 10.6 Å². The van der Waals surface area contributed by atoms with Crippen LogP contribution in [0.2, 0.25) is 0 Å². The van der Waals surface area contributed by atoms with Crippen LogP contribution in [-0.4, -0.2) is 19.0 Å². The fraction of sp³-hybridized carbons (Fsp3) is 0.500. The summed E-state index contributed by atoms with van der Waals surface area (Å²) in [5.74, 6) is -1.32. The topological polar surface area (TPSA) is 41.1 Å². The number of piperidine rings is 1. The Morgan fingerprint density at radius 1 is 1.37 bits per heavy atom. The van der Waals surface area contributed by atoms with Gasteiger partial charge in [0, 0.05) is 17.5 Å². The summed E-state index contributed by atoms with van der Waals surface area (Å²) in [6, 6.07) is 2.95. The summed E-state index contributed by atoms with van der Waals surface area (Å²) in [5, 5.41) is 5.99. The Labute approximate surface area is 111 Å². The van der Waals surface area contributed by atoms with E-state index in [0.717, 1.165) is 32.0 Å². The Morgan fingerprint density at radius 2 is 2.05 bits per heavy atom. The van der Waals surface area contributed by atoms with Crippen LogP contribution in [0.5, 0.6) is 0 Å². The van der Waals surface area contributed by atoms with Crippen molar-refractivity contribution in [1.29, 1.82) is 0 Å². The molecular weight excluding hydrogens is 250 g/mol. The number of hydrogen-bond acceptors (Lipinski definition) is 2. The summed E-state index contributed by atoms with van der Waals surface area (Å²) in [5.41, 5.74) is 0.309. The van der Waals surface area contributed by atoms with Gasteiger partial charge in [0.25, 0.3) is 0 Å². The molecule has 1 aromatic rings. The van der Waals surface area contributed by atoms with Crippen LogP contribution in [0, 0.1) is 17.6 Å². The average molecular weight is 268 g/mol. The first kappa shape index (κ1) is 13.9. The minimum absolute atomic E-state index is 0.0211. The lowest BCUT2D eigenvalue weighted by molar-refractivity contribution is -0.126. The van der Waals surface area contributed by atoms with Crippen molar-refractivity contribution in [3.63, 3.8) is 0 Å². The maximum atomic E-state index is 13.6. The number of benzene rings is 1. The summed E-state index contributed by atoms with van der Waals surface area (Å²) < 4.78 is 26.4. The van der Waals surface area contributed by atoms with E-state index < -0.39 is 17.7 Å². The molecule has 104 valence electrons. The number of rotatable bonds is 3. The Kier molecular flexibility index (Phi) is 4.47. The van der Waals surface area contributed by atoms with E-state index in [1.165, 1.54) is 12.1 Å². The predicted molar refractivity (Wildman–Crippen MR) is 68.5 cm³/mol. The molecule has 0 radical (unpaired) electrons. The average Bonchev–Trinajstić information content (AvgIpc) is 2.39. The van der Waals surface area contributed by atoms with E-state index in [2.05, 4.69) is 10.6 Å². The highest BCUT2D eigenvalue weighted by molar-refractivity contribution is 5.79. The smallest absolute Gasteiger partial charge is 0.223 e. The van der Waals surface area contributed by atoms with Gasteiger partial charge in [-0.1, -0.05) is 6.07 Å². The molecule has 1 aromatic carbocycles. The summed E-state index contributed by atoms with van der Waals surface area (Å²) >= 11 is 0. The minimum atomic E-state index is -0.627. The molecule has 0 spiro atoms. The van der Waals surface area contributed by atoms with Crippen molar-refractivity contribution in [1.82, 2.24) is 10.6 Å². The van der Waals surface area contributed by atoms with Crippen LogP contribution in [-0.2, 0) is 4.79 Å². The van der Waals surface area contributed by atoms with Crippen LogP contribution >= 0.6 is 0 Å². The first-order valence-corrected chi connectivity index (χ1v) is 6.54. The zero-order chi connectivity index (χ0) is 13.8. The lowest BCUT2D eigenvalue weighted by Gasteiger charge is -2.24. The molecule has 1 amide bonds. The molecule has 1 fully saturated rings. The van der Waals surface area contributed by atoms with Crippen LogP contribution in [0.1, 0.15) is 31.4 Å². The van der Waals surface area contributed by atoms with E-state index in [-0.39, 0.29) is 11.8 Å². The predicted octanol–water partition coefficient (Wildman–Crippen LogP) is 2.14. The van der Waals surface area contributed by atoms with E-state index in [1.807, 2.05) is 0 Å². The first-order valence-electron chi connectivity index (χ1n) is 6.54. The van der Waals surface area contributed by atoms with Gasteiger partial charge in [-0.2, -0.15) is 0 Å². The van der Waals surface area contributed by atoms with E-state index in [1.54, 1.807) is 6.92 Å². The summed E-state index contributed by atoms with van der Waals surface area (Å²) in [7, 11) is 0. The SMILES string of the molecule is CC(NC(=O)C1CCNCC1)c1ccc(F)cc1F. The molecule has 5 heteroatoms. The zero-order valence-electron chi connectivity index (χ0n) is 10.9. The molecule has 1 unspecified atom stereocenters. The molecule has 0 saturated carbocycles. The van der Waals surface area contributed by atoms with Crippen molar-refractivity contribution in [2.75, 3.05) is 13.1 Å². The second-order valence-electron chi connectivity index (χ2n) is 4.92. The van der Waals surface area contributed by atoms with Gasteiger partial charge in [0.1, 0.15) is 11.6 Å². The summed E-state index contributed by atoms with van der Waals surface area (Å²) in [6.07, 6.45) is 1.59. The number of carbonyl (C=O) groups excluding carboxylic acids is 1. The third kappa shape index (κ3) is 3.50. The maximum absolute atomic E-state index is 13.6. The monoisotopic (exact) mass is 268 g/mol. The molecule has 1 saturated heterocycles. The maximum Gasteiger partial charge on any atom is 0.223 e. The molecule has 19 heavy (non-hydrogen) atoms. The van der Waals surface area contributed by atoms with E-state index >= 15 is 0 Å². The fourth-order valence-corrected chi connectivity index (χ4v) is 2.35. The highest BCUT2D eigenvalue weighted by Crippen LogP contribution is 2.19. The summed E-state index contributed by atoms with van der Waals surface area (Å²) in [6.45, 7) is 3.37. The number of nitrogens with one attached hydrogen (secondary N) is 2. The second kappa shape index (κ2) is 6.10. The normalized spacial score (nSPS) is 18.1. The first-order chi connectivity index (χ1) is 9.08. The van der Waals surface area contributed by atoms with Crippen LogP contribution in [0.3, 0.4) is 0 Å². The highest BCUT2D eigenvalue weighted by atomic mass is 19.1. The van der Waals surface area contributed by atoms with Gasteiger partial charge in [0.2, 0.25) is 5.91 Å². The standard InChI is InChI=1S/C14H18F2N2O/c1-9(12-3-2-11(15)8-13(12)16)18-14(19)10-4-6-17-7-5-10/h2-3,8-10,17H,4-7H2,1H3,(H,18,19). The molecule has 3 nitrogen and oxygen atoms in total. The quantitative estimate of drug-likeness (QED) is 0.882. The molecule has 0 aliphatic carbocycles. The van der Waals surface area contributed by atoms with Crippen molar-refractivity contribution in [3.05, 3.63) is 35.4 Å². The molecular formula is C14H18F2N2O. The second-order valence-corrected chi connectivity index (χ2v) is 4.92. The van der Waals surface area contributed by atoms with Gasteiger partial charge in [-0.3, -0.25) is 4.79 Å².